The number of carbonyl (C=O) groups excluding carboxylic acids is 2. The molecule has 128 valence electrons. The van der Waals surface area contributed by atoms with Crippen molar-refractivity contribution in [3.05, 3.63) is 62.7 Å². The summed E-state index contributed by atoms with van der Waals surface area (Å²) in [5.41, 5.74) is 2.45. The number of non-ortho nitro benzene ring substituents is 1. The fourth-order valence-corrected chi connectivity index (χ4v) is 3.08. The lowest BCUT2D eigenvalue weighted by Gasteiger charge is -2.01. The van der Waals surface area contributed by atoms with E-state index in [4.69, 9.17) is 4.42 Å². The summed E-state index contributed by atoms with van der Waals surface area (Å²) < 4.78 is 5.55. The van der Waals surface area contributed by atoms with Crippen molar-refractivity contribution in [3.8, 4) is 0 Å². The highest BCUT2D eigenvalue weighted by atomic mass is 16.6. The predicted molar refractivity (Wildman–Crippen MR) is 91.2 cm³/mol. The van der Waals surface area contributed by atoms with E-state index >= 15 is 0 Å². The van der Waals surface area contributed by atoms with Gasteiger partial charge >= 0.3 is 0 Å². The van der Waals surface area contributed by atoms with Gasteiger partial charge in [0, 0.05) is 28.8 Å². The van der Waals surface area contributed by atoms with E-state index in [1.54, 1.807) is 6.92 Å². The number of nitro benzene ring substituents is 1. The number of nitrogens with one attached hydrogen (secondary N) is 1. The zero-order chi connectivity index (χ0) is 18.3. The van der Waals surface area contributed by atoms with Gasteiger partial charge < -0.3 is 9.40 Å². The van der Waals surface area contributed by atoms with Gasteiger partial charge in [0.2, 0.25) is 5.78 Å². The van der Waals surface area contributed by atoms with Crippen molar-refractivity contribution >= 4 is 28.2 Å². The average molecular weight is 340 g/mol. The lowest BCUT2D eigenvalue weighted by Crippen LogP contribution is -2.05. The third-order valence-corrected chi connectivity index (χ3v) is 4.16. The largest absolute Gasteiger partial charge is 0.453 e. The number of furan rings is 1. The van der Waals surface area contributed by atoms with Gasteiger partial charge in [-0.05, 0) is 38.0 Å². The van der Waals surface area contributed by atoms with E-state index in [-0.39, 0.29) is 23.0 Å². The molecule has 0 spiro atoms. The molecule has 0 aliphatic rings. The molecule has 0 saturated heterocycles. The van der Waals surface area contributed by atoms with Gasteiger partial charge in [-0.3, -0.25) is 19.7 Å². The summed E-state index contributed by atoms with van der Waals surface area (Å²) in [5, 5.41) is 11.3. The number of hydrogen-bond acceptors (Lipinski definition) is 5. The molecule has 7 nitrogen and oxygen atoms in total. The summed E-state index contributed by atoms with van der Waals surface area (Å²) in [6, 6.07) is 5.63. The molecule has 2 heterocycles. The van der Waals surface area contributed by atoms with Crippen molar-refractivity contribution in [2.75, 3.05) is 0 Å². The van der Waals surface area contributed by atoms with E-state index in [2.05, 4.69) is 4.98 Å². The Morgan fingerprint density at radius 1 is 1.28 bits per heavy atom. The number of H-pyrrole nitrogens is 1. The van der Waals surface area contributed by atoms with Gasteiger partial charge in [-0.15, -0.1) is 0 Å². The number of carbonyl (C=O) groups is 2. The molecular formula is C18H16N2O5. The van der Waals surface area contributed by atoms with Crippen LogP contribution in [-0.2, 0) is 6.42 Å². The van der Waals surface area contributed by atoms with Gasteiger partial charge in [0.05, 0.1) is 10.6 Å². The van der Waals surface area contributed by atoms with Crippen LogP contribution in [-0.4, -0.2) is 21.5 Å². The maximum Gasteiger partial charge on any atom is 0.270 e. The van der Waals surface area contributed by atoms with Crippen LogP contribution in [0.5, 0.6) is 0 Å². The molecule has 3 rings (SSSR count). The lowest BCUT2D eigenvalue weighted by atomic mass is 10.0. The van der Waals surface area contributed by atoms with Crippen molar-refractivity contribution in [1.29, 1.82) is 0 Å². The molecule has 3 aromatic rings. The number of Topliss-reactive ketones (excluding diaryl/α,β-unsaturated/α-hetero) is 1. The molecule has 25 heavy (non-hydrogen) atoms. The Kier molecular flexibility index (Phi) is 4.00. The van der Waals surface area contributed by atoms with Gasteiger partial charge in [-0.1, -0.05) is 6.92 Å². The summed E-state index contributed by atoms with van der Waals surface area (Å²) in [5.74, 6) is -0.419. The van der Waals surface area contributed by atoms with Crippen LogP contribution in [0.3, 0.4) is 0 Å². The second-order valence-electron chi connectivity index (χ2n) is 5.81. The van der Waals surface area contributed by atoms with Crippen LogP contribution in [0.2, 0.25) is 0 Å². The Morgan fingerprint density at radius 3 is 2.60 bits per heavy atom. The second kappa shape index (κ2) is 6.01. The van der Waals surface area contributed by atoms with E-state index in [0.29, 0.717) is 39.9 Å². The highest BCUT2D eigenvalue weighted by Crippen LogP contribution is 2.28. The molecule has 0 unspecified atom stereocenters. The zero-order valence-electron chi connectivity index (χ0n) is 14.0. The molecular weight excluding hydrogens is 324 g/mol. The number of ketones is 2. The third-order valence-electron chi connectivity index (χ3n) is 4.16. The summed E-state index contributed by atoms with van der Waals surface area (Å²) in [6.07, 6.45) is 0.520. The predicted octanol–water partition coefficient (Wildman–Crippen LogP) is 3.97. The normalized spacial score (nSPS) is 11.0. The minimum absolute atomic E-state index is 0.0709. The maximum absolute atomic E-state index is 12.8. The minimum Gasteiger partial charge on any atom is -0.453 e. The quantitative estimate of drug-likeness (QED) is 0.429. The number of hydrogen-bond donors (Lipinski definition) is 1. The first-order chi connectivity index (χ1) is 11.8. The van der Waals surface area contributed by atoms with Crippen molar-refractivity contribution in [2.45, 2.75) is 27.2 Å². The number of aromatic nitrogens is 1. The van der Waals surface area contributed by atoms with E-state index in [9.17, 15) is 19.7 Å². The van der Waals surface area contributed by atoms with Crippen molar-refractivity contribution in [3.63, 3.8) is 0 Å². The number of benzene rings is 1. The standard InChI is InChI=1S/C18H16N2O5/c1-4-13-16(10(3)21)9(2)19-17(13)18(22)15-8-11-7-12(20(23)24)5-6-14(11)25-15/h5-8,19H,4H2,1-3H3. The molecule has 1 N–H and O–H groups in total. The highest BCUT2D eigenvalue weighted by Gasteiger charge is 2.25. The Labute approximate surface area is 142 Å². The van der Waals surface area contributed by atoms with Crippen LogP contribution >= 0.6 is 0 Å². The summed E-state index contributed by atoms with van der Waals surface area (Å²) in [6.45, 7) is 5.08. The maximum atomic E-state index is 12.8. The van der Waals surface area contributed by atoms with Crippen molar-refractivity contribution in [2.24, 2.45) is 0 Å². The van der Waals surface area contributed by atoms with Gasteiger partial charge in [-0.2, -0.15) is 0 Å². The number of nitrogens with zero attached hydrogens (tertiary/aromatic N) is 1. The summed E-state index contributed by atoms with van der Waals surface area (Å²) in [4.78, 5) is 38.0. The first kappa shape index (κ1) is 16.6. The first-order valence-electron chi connectivity index (χ1n) is 7.78. The van der Waals surface area contributed by atoms with Crippen molar-refractivity contribution < 1.29 is 18.9 Å². The molecule has 0 fully saturated rings. The number of nitro groups is 1. The molecule has 1 aromatic carbocycles. The number of aromatic amines is 1. The van der Waals surface area contributed by atoms with Gasteiger partial charge in [0.1, 0.15) is 5.58 Å². The third kappa shape index (κ3) is 2.73. The Bertz CT molecular complexity index is 1030. The number of fused-ring (bicyclic) bond motifs is 1. The molecule has 7 heteroatoms. The van der Waals surface area contributed by atoms with Crippen LogP contribution in [0.15, 0.2) is 28.7 Å². The Hall–Kier alpha value is -3.22. The molecule has 0 saturated carbocycles. The molecule has 0 amide bonds. The van der Waals surface area contributed by atoms with Crippen LogP contribution in [0.1, 0.15) is 51.7 Å². The average Bonchev–Trinajstić information content (AvgIpc) is 3.13. The minimum atomic E-state index is -0.503. The molecule has 0 aliphatic heterocycles. The van der Waals surface area contributed by atoms with E-state index in [1.807, 2.05) is 6.92 Å². The van der Waals surface area contributed by atoms with E-state index in [1.165, 1.54) is 31.2 Å². The van der Waals surface area contributed by atoms with Crippen molar-refractivity contribution in [1.82, 2.24) is 4.98 Å². The Morgan fingerprint density at radius 2 is 2.00 bits per heavy atom. The molecule has 2 aromatic heterocycles. The zero-order valence-corrected chi connectivity index (χ0v) is 14.0. The van der Waals surface area contributed by atoms with Crippen LogP contribution in [0.4, 0.5) is 5.69 Å². The lowest BCUT2D eigenvalue weighted by molar-refractivity contribution is -0.384. The molecule has 0 atom stereocenters. The summed E-state index contributed by atoms with van der Waals surface area (Å²) >= 11 is 0. The number of aryl methyl sites for hydroxylation is 1. The second-order valence-corrected chi connectivity index (χ2v) is 5.81. The molecule has 0 radical (unpaired) electrons. The highest BCUT2D eigenvalue weighted by molar-refractivity contribution is 6.11. The van der Waals surface area contributed by atoms with E-state index < -0.39 is 4.92 Å². The van der Waals surface area contributed by atoms with E-state index in [0.717, 1.165) is 0 Å². The fourth-order valence-electron chi connectivity index (χ4n) is 3.08. The summed E-state index contributed by atoms with van der Waals surface area (Å²) in [7, 11) is 0. The van der Waals surface area contributed by atoms with Gasteiger partial charge in [0.15, 0.2) is 11.5 Å². The smallest absolute Gasteiger partial charge is 0.270 e. The van der Waals surface area contributed by atoms with Crippen LogP contribution in [0.25, 0.3) is 11.0 Å². The van der Waals surface area contributed by atoms with Crippen LogP contribution in [0, 0.1) is 17.0 Å². The first-order valence-corrected chi connectivity index (χ1v) is 7.78. The molecule has 0 aliphatic carbocycles. The van der Waals surface area contributed by atoms with Gasteiger partial charge in [0.25, 0.3) is 5.69 Å². The number of rotatable bonds is 5. The Balaban J connectivity index is 2.10. The molecule has 0 bridgehead atoms. The fraction of sp³-hybridized carbons (Fsp3) is 0.222. The topological polar surface area (TPSA) is 106 Å². The monoisotopic (exact) mass is 340 g/mol. The van der Waals surface area contributed by atoms with Crippen LogP contribution < -0.4 is 0 Å². The SMILES string of the molecule is CCc1c(C(=O)c2cc3cc([N+](=O)[O-])ccc3o2)[nH]c(C)c1C(C)=O. The van der Waals surface area contributed by atoms with Gasteiger partial charge in [-0.25, -0.2) is 0 Å².